The number of hydrogen-bond acceptors (Lipinski definition) is 6. The molecule has 0 spiro atoms. The van der Waals surface area contributed by atoms with Gasteiger partial charge in [-0.2, -0.15) is 0 Å². The summed E-state index contributed by atoms with van der Waals surface area (Å²) in [7, 11) is 2.65. The van der Waals surface area contributed by atoms with Crippen LogP contribution in [-0.4, -0.2) is 32.3 Å². The van der Waals surface area contributed by atoms with Gasteiger partial charge in [0.15, 0.2) is 0 Å². The second kappa shape index (κ2) is 7.31. The summed E-state index contributed by atoms with van der Waals surface area (Å²) >= 11 is 0. The molecular weight excluding hydrogens is 346 g/mol. The molecule has 1 aromatic carbocycles. The number of esters is 2. The number of fused-ring (bicyclic) bond motifs is 1. The first kappa shape index (κ1) is 18.8. The maximum Gasteiger partial charge on any atom is 0.336 e. The summed E-state index contributed by atoms with van der Waals surface area (Å²) in [5, 5.41) is 3.10. The Labute approximate surface area is 158 Å². The number of nitrogens with one attached hydrogen (secondary N) is 1. The van der Waals surface area contributed by atoms with Crippen LogP contribution in [0.4, 0.5) is 0 Å². The van der Waals surface area contributed by atoms with Crippen molar-refractivity contribution in [3.05, 3.63) is 57.9 Å². The Bertz CT molecular complexity index is 856. The van der Waals surface area contributed by atoms with Crippen molar-refractivity contribution < 1.29 is 23.8 Å². The van der Waals surface area contributed by atoms with E-state index in [1.807, 2.05) is 37.3 Å². The zero-order valence-corrected chi connectivity index (χ0v) is 16.1. The first-order valence-electron chi connectivity index (χ1n) is 8.71. The van der Waals surface area contributed by atoms with E-state index in [-0.39, 0.29) is 6.10 Å². The summed E-state index contributed by atoms with van der Waals surface area (Å²) in [5.74, 6) is -0.838. The predicted octanol–water partition coefficient (Wildman–Crippen LogP) is 2.96. The standard InChI is InChI=1S/C21H23NO5/c1-11-17(20(23)25-4)19(18(12(2)22-11)21(24)26-5)15-10-14-8-6-7-9-16(14)27-13(15)3/h6-10,13,19,22H,1-5H3. The van der Waals surface area contributed by atoms with Crippen molar-refractivity contribution in [3.63, 3.8) is 0 Å². The quantitative estimate of drug-likeness (QED) is 0.826. The van der Waals surface area contributed by atoms with Gasteiger partial charge < -0.3 is 19.5 Å². The summed E-state index contributed by atoms with van der Waals surface area (Å²) in [5.41, 5.74) is 3.74. The second-order valence-corrected chi connectivity index (χ2v) is 6.56. The van der Waals surface area contributed by atoms with E-state index >= 15 is 0 Å². The van der Waals surface area contributed by atoms with Crippen LogP contribution in [0.2, 0.25) is 0 Å². The number of allylic oxidation sites excluding steroid dienone is 2. The molecule has 2 heterocycles. The average Bonchev–Trinajstić information content (AvgIpc) is 2.65. The first-order chi connectivity index (χ1) is 12.9. The molecule has 0 saturated heterocycles. The van der Waals surface area contributed by atoms with Crippen molar-refractivity contribution in [1.82, 2.24) is 5.32 Å². The van der Waals surface area contributed by atoms with E-state index < -0.39 is 17.9 Å². The number of carbonyl (C=O) groups excluding carboxylic acids is 2. The van der Waals surface area contributed by atoms with E-state index in [2.05, 4.69) is 5.32 Å². The van der Waals surface area contributed by atoms with Gasteiger partial charge in [0.05, 0.1) is 31.3 Å². The van der Waals surface area contributed by atoms with Gasteiger partial charge in [-0.05, 0) is 38.5 Å². The smallest absolute Gasteiger partial charge is 0.336 e. The van der Waals surface area contributed by atoms with Crippen LogP contribution >= 0.6 is 0 Å². The largest absolute Gasteiger partial charge is 0.486 e. The van der Waals surface area contributed by atoms with Crippen LogP contribution in [0.25, 0.3) is 6.08 Å². The molecule has 0 radical (unpaired) electrons. The monoisotopic (exact) mass is 369 g/mol. The molecule has 3 rings (SSSR count). The Morgan fingerprint density at radius 3 is 2.11 bits per heavy atom. The van der Waals surface area contributed by atoms with Crippen molar-refractivity contribution in [2.45, 2.75) is 26.9 Å². The fraction of sp³-hybridized carbons (Fsp3) is 0.333. The number of hydrogen-bond donors (Lipinski definition) is 1. The zero-order chi connectivity index (χ0) is 19.7. The van der Waals surface area contributed by atoms with Crippen LogP contribution in [-0.2, 0) is 19.1 Å². The van der Waals surface area contributed by atoms with Crippen LogP contribution in [0, 0.1) is 5.92 Å². The molecule has 1 atom stereocenters. The molecule has 2 aliphatic rings. The van der Waals surface area contributed by atoms with Crippen LogP contribution < -0.4 is 10.1 Å². The normalized spacial score (nSPS) is 19.6. The highest BCUT2D eigenvalue weighted by Gasteiger charge is 2.41. The van der Waals surface area contributed by atoms with Crippen LogP contribution in [0.5, 0.6) is 5.75 Å². The van der Waals surface area contributed by atoms with E-state index in [9.17, 15) is 9.59 Å². The number of para-hydroxylation sites is 1. The van der Waals surface area contributed by atoms with E-state index in [1.54, 1.807) is 13.8 Å². The molecule has 6 heteroatoms. The molecule has 27 heavy (non-hydrogen) atoms. The van der Waals surface area contributed by atoms with Crippen LogP contribution in [0.1, 0.15) is 26.3 Å². The Morgan fingerprint density at radius 1 is 1.00 bits per heavy atom. The molecular formula is C21H23NO5. The number of rotatable bonds is 3. The molecule has 0 fully saturated rings. The summed E-state index contributed by atoms with van der Waals surface area (Å²) in [6.45, 7) is 5.48. The molecule has 0 bridgehead atoms. The number of dihydropyridines is 1. The van der Waals surface area contributed by atoms with Gasteiger partial charge in [0.25, 0.3) is 0 Å². The molecule has 0 amide bonds. The summed E-state index contributed by atoms with van der Waals surface area (Å²) < 4.78 is 16.1. The lowest BCUT2D eigenvalue weighted by Gasteiger charge is -2.35. The van der Waals surface area contributed by atoms with Gasteiger partial charge in [0.2, 0.25) is 0 Å². The molecule has 142 valence electrons. The molecule has 0 aromatic heterocycles. The minimum Gasteiger partial charge on any atom is -0.486 e. The Hall–Kier alpha value is -3.02. The third-order valence-corrected chi connectivity index (χ3v) is 4.92. The van der Waals surface area contributed by atoms with E-state index in [0.717, 1.165) is 16.9 Å². The van der Waals surface area contributed by atoms with Gasteiger partial charge in [-0.3, -0.25) is 0 Å². The number of ether oxygens (including phenoxy) is 3. The van der Waals surface area contributed by atoms with E-state index in [4.69, 9.17) is 14.2 Å². The van der Waals surface area contributed by atoms with Crippen molar-refractivity contribution in [2.75, 3.05) is 14.2 Å². The van der Waals surface area contributed by atoms with Gasteiger partial charge >= 0.3 is 11.9 Å². The molecule has 1 N–H and O–H groups in total. The molecule has 1 aromatic rings. The van der Waals surface area contributed by atoms with Gasteiger partial charge in [-0.25, -0.2) is 9.59 Å². The Kier molecular flexibility index (Phi) is 5.08. The second-order valence-electron chi connectivity index (χ2n) is 6.56. The molecule has 0 aliphatic carbocycles. The average molecular weight is 369 g/mol. The van der Waals surface area contributed by atoms with Crippen molar-refractivity contribution >= 4 is 18.0 Å². The topological polar surface area (TPSA) is 73.9 Å². The number of carbonyl (C=O) groups is 2. The first-order valence-corrected chi connectivity index (χ1v) is 8.71. The van der Waals surface area contributed by atoms with Crippen molar-refractivity contribution in [3.8, 4) is 5.75 Å². The lowest BCUT2D eigenvalue weighted by molar-refractivity contribution is -0.137. The molecule has 0 saturated carbocycles. The maximum atomic E-state index is 12.6. The Balaban J connectivity index is 2.23. The van der Waals surface area contributed by atoms with E-state index in [0.29, 0.717) is 22.5 Å². The minimum absolute atomic E-state index is 0.331. The van der Waals surface area contributed by atoms with Crippen LogP contribution in [0.3, 0.4) is 0 Å². The van der Waals surface area contributed by atoms with Gasteiger partial charge in [0, 0.05) is 17.0 Å². The fourth-order valence-electron chi connectivity index (χ4n) is 3.67. The number of methoxy groups -OCH3 is 2. The Morgan fingerprint density at radius 2 is 1.56 bits per heavy atom. The van der Waals surface area contributed by atoms with Gasteiger partial charge in [-0.15, -0.1) is 0 Å². The lowest BCUT2D eigenvalue weighted by atomic mass is 9.77. The highest BCUT2D eigenvalue weighted by Crippen LogP contribution is 2.42. The van der Waals surface area contributed by atoms with Gasteiger partial charge in [0.1, 0.15) is 11.9 Å². The van der Waals surface area contributed by atoms with Crippen molar-refractivity contribution in [2.24, 2.45) is 5.92 Å². The van der Waals surface area contributed by atoms with Crippen LogP contribution in [0.15, 0.2) is 52.4 Å². The summed E-state index contributed by atoms with van der Waals surface area (Å²) in [6, 6.07) is 7.65. The van der Waals surface area contributed by atoms with Crippen molar-refractivity contribution in [1.29, 1.82) is 0 Å². The van der Waals surface area contributed by atoms with E-state index in [1.165, 1.54) is 14.2 Å². The van der Waals surface area contributed by atoms with Gasteiger partial charge in [-0.1, -0.05) is 18.2 Å². The number of benzene rings is 1. The third kappa shape index (κ3) is 3.23. The fourth-order valence-corrected chi connectivity index (χ4v) is 3.67. The molecule has 6 nitrogen and oxygen atoms in total. The highest BCUT2D eigenvalue weighted by atomic mass is 16.5. The summed E-state index contributed by atoms with van der Waals surface area (Å²) in [6.07, 6.45) is 1.65. The highest BCUT2D eigenvalue weighted by molar-refractivity contribution is 5.99. The lowest BCUT2D eigenvalue weighted by Crippen LogP contribution is -2.37. The summed E-state index contributed by atoms with van der Waals surface area (Å²) in [4.78, 5) is 25.2. The molecule has 2 aliphatic heterocycles. The maximum absolute atomic E-state index is 12.6. The molecule has 1 unspecified atom stereocenters. The minimum atomic E-state index is -0.616. The predicted molar refractivity (Wildman–Crippen MR) is 101 cm³/mol. The third-order valence-electron chi connectivity index (χ3n) is 4.92. The zero-order valence-electron chi connectivity index (χ0n) is 16.1. The SMILES string of the molecule is COC(=O)C1=C(C)NC(C)=C(C(=O)OC)C1C1=Cc2ccccc2OC1C.